The average Bonchev–Trinajstić information content (AvgIpc) is 3.30. The van der Waals surface area contributed by atoms with Gasteiger partial charge in [0, 0.05) is 22.5 Å². The van der Waals surface area contributed by atoms with Crippen LogP contribution >= 0.6 is 23.4 Å². The van der Waals surface area contributed by atoms with Crippen molar-refractivity contribution in [2.75, 3.05) is 7.11 Å². The van der Waals surface area contributed by atoms with Gasteiger partial charge in [0.15, 0.2) is 5.16 Å². The summed E-state index contributed by atoms with van der Waals surface area (Å²) < 4.78 is 6.98. The first kappa shape index (κ1) is 22.3. The number of thioether (sulfide) groups is 1. The molecule has 3 aromatic carbocycles. The van der Waals surface area contributed by atoms with E-state index in [1.54, 1.807) is 11.7 Å². The lowest BCUT2D eigenvalue weighted by atomic mass is 10.1. The molecule has 0 atom stereocenters. The molecule has 0 saturated carbocycles. The third kappa shape index (κ3) is 4.47. The van der Waals surface area contributed by atoms with Crippen molar-refractivity contribution in [3.05, 3.63) is 112 Å². The van der Waals surface area contributed by atoms with Crippen molar-refractivity contribution in [1.82, 2.24) is 14.5 Å². The molecule has 0 radical (unpaired) electrons. The zero-order valence-corrected chi connectivity index (χ0v) is 20.1. The van der Waals surface area contributed by atoms with E-state index < -0.39 is 0 Å². The van der Waals surface area contributed by atoms with Gasteiger partial charge in [-0.1, -0.05) is 84.0 Å². The first-order chi connectivity index (χ1) is 16.6. The van der Waals surface area contributed by atoms with Gasteiger partial charge in [-0.2, -0.15) is 0 Å². The molecule has 34 heavy (non-hydrogen) atoms. The zero-order valence-electron chi connectivity index (χ0n) is 18.5. The minimum absolute atomic E-state index is 0.107. The summed E-state index contributed by atoms with van der Waals surface area (Å²) in [5.74, 6) is 1.38. The van der Waals surface area contributed by atoms with Gasteiger partial charge in [0.2, 0.25) is 0 Å². The lowest BCUT2D eigenvalue weighted by Crippen LogP contribution is -2.24. The smallest absolute Gasteiger partial charge is 0.278 e. The molecule has 5 nitrogen and oxygen atoms in total. The van der Waals surface area contributed by atoms with Crippen molar-refractivity contribution < 1.29 is 4.74 Å². The zero-order chi connectivity index (χ0) is 23.5. The molecule has 170 valence electrons. The van der Waals surface area contributed by atoms with E-state index in [9.17, 15) is 4.79 Å². The van der Waals surface area contributed by atoms with E-state index in [0.29, 0.717) is 33.5 Å². The number of hydrogen-bond donors (Lipinski definition) is 1. The third-order valence-corrected chi connectivity index (χ3v) is 7.04. The summed E-state index contributed by atoms with van der Waals surface area (Å²) in [6.07, 6.45) is 1.86. The maximum atomic E-state index is 13.6. The van der Waals surface area contributed by atoms with Crippen LogP contribution < -0.4 is 10.3 Å². The highest BCUT2D eigenvalue weighted by atomic mass is 35.5. The van der Waals surface area contributed by atoms with Gasteiger partial charge >= 0.3 is 0 Å². The predicted molar refractivity (Wildman–Crippen MR) is 139 cm³/mol. The lowest BCUT2D eigenvalue weighted by molar-refractivity contribution is 0.414. The number of halogens is 1. The molecule has 0 aliphatic heterocycles. The average molecular weight is 488 g/mol. The number of aromatic nitrogens is 3. The molecule has 1 N–H and O–H groups in total. The van der Waals surface area contributed by atoms with Crippen LogP contribution in [-0.2, 0) is 12.3 Å². The Hall–Kier alpha value is -3.48. The molecule has 0 saturated heterocycles. The van der Waals surface area contributed by atoms with E-state index in [1.165, 1.54) is 11.8 Å². The van der Waals surface area contributed by atoms with E-state index in [1.807, 2.05) is 85.1 Å². The van der Waals surface area contributed by atoms with Crippen molar-refractivity contribution in [2.24, 2.45) is 0 Å². The van der Waals surface area contributed by atoms with E-state index >= 15 is 0 Å². The number of aromatic amines is 1. The van der Waals surface area contributed by atoms with Crippen molar-refractivity contribution in [3.8, 4) is 16.9 Å². The molecule has 0 bridgehead atoms. The summed E-state index contributed by atoms with van der Waals surface area (Å²) in [4.78, 5) is 21.8. The Bertz CT molecular complexity index is 1490. The molecule has 2 heterocycles. The monoisotopic (exact) mass is 487 g/mol. The summed E-state index contributed by atoms with van der Waals surface area (Å²) >= 11 is 7.89. The molecule has 0 spiro atoms. The fourth-order valence-electron chi connectivity index (χ4n) is 3.83. The maximum Gasteiger partial charge on any atom is 0.278 e. The number of nitrogens with zero attached hydrogens (tertiary/aromatic N) is 2. The van der Waals surface area contributed by atoms with Crippen LogP contribution in [0.1, 0.15) is 11.1 Å². The van der Waals surface area contributed by atoms with Crippen molar-refractivity contribution >= 4 is 34.4 Å². The summed E-state index contributed by atoms with van der Waals surface area (Å²) in [7, 11) is 1.64. The highest BCUT2D eigenvalue weighted by molar-refractivity contribution is 7.98. The molecule has 0 aliphatic carbocycles. The van der Waals surface area contributed by atoms with Gasteiger partial charge in [0.25, 0.3) is 5.56 Å². The molecule has 5 aromatic rings. The van der Waals surface area contributed by atoms with Gasteiger partial charge in [-0.05, 0) is 34.9 Å². The number of methoxy groups -OCH3 is 1. The second-order valence-corrected chi connectivity index (χ2v) is 9.16. The number of H-pyrrole nitrogens is 1. The van der Waals surface area contributed by atoms with Crippen LogP contribution in [-0.4, -0.2) is 21.6 Å². The Labute approximate surface area is 206 Å². The van der Waals surface area contributed by atoms with Crippen LogP contribution in [0.5, 0.6) is 5.75 Å². The fraction of sp³-hybridized carbons (Fsp3) is 0.111. The molecular weight excluding hydrogens is 466 g/mol. The van der Waals surface area contributed by atoms with Gasteiger partial charge < -0.3 is 9.72 Å². The van der Waals surface area contributed by atoms with E-state index in [4.69, 9.17) is 21.3 Å². The number of hydrogen-bond acceptors (Lipinski definition) is 4. The highest BCUT2D eigenvalue weighted by Crippen LogP contribution is 2.30. The van der Waals surface area contributed by atoms with Crippen LogP contribution in [0.2, 0.25) is 5.02 Å². The molecular formula is C27H22ClN3O2S. The fourth-order valence-corrected chi connectivity index (χ4v) is 5.11. The normalized spacial score (nSPS) is 11.1. The molecule has 2 aromatic heterocycles. The van der Waals surface area contributed by atoms with Gasteiger partial charge in [-0.15, -0.1) is 0 Å². The second kappa shape index (κ2) is 9.79. The Morgan fingerprint density at radius 1 is 1.00 bits per heavy atom. The van der Waals surface area contributed by atoms with Crippen molar-refractivity contribution in [3.63, 3.8) is 0 Å². The molecule has 0 unspecified atom stereocenters. The topological polar surface area (TPSA) is 59.9 Å². The molecule has 7 heteroatoms. The predicted octanol–water partition coefficient (Wildman–Crippen LogP) is 6.39. The third-order valence-electron chi connectivity index (χ3n) is 5.65. The summed E-state index contributed by atoms with van der Waals surface area (Å²) in [5.41, 5.74) is 4.96. The number of rotatable bonds is 7. The molecule has 0 aliphatic rings. The minimum Gasteiger partial charge on any atom is -0.497 e. The van der Waals surface area contributed by atoms with E-state index in [2.05, 4.69) is 4.98 Å². The van der Waals surface area contributed by atoms with Crippen LogP contribution in [0.15, 0.2) is 95.0 Å². The lowest BCUT2D eigenvalue weighted by Gasteiger charge is -2.13. The molecule has 0 fully saturated rings. The first-order valence-corrected chi connectivity index (χ1v) is 12.2. The summed E-state index contributed by atoms with van der Waals surface area (Å²) in [5, 5.41) is 1.34. The SMILES string of the molecule is COc1ccc(Cn2c(SCc3ccccc3Cl)nc3c(-c4ccccc4)c[nH]c3c2=O)cc1. The standard InChI is InChI=1S/C27H22ClN3O2S/c1-33-21-13-11-18(12-14-21)16-31-26(32)25-24(22(15-29-25)19-7-3-2-4-8-19)30-27(31)34-17-20-9-5-6-10-23(20)28/h2-15,29H,16-17H2,1H3. The van der Waals surface area contributed by atoms with Gasteiger partial charge in [-0.25, -0.2) is 4.98 Å². The number of ether oxygens (including phenoxy) is 1. The molecule has 5 rings (SSSR count). The summed E-state index contributed by atoms with van der Waals surface area (Å²) in [6.45, 7) is 0.399. The number of benzene rings is 3. The number of nitrogens with one attached hydrogen (secondary N) is 1. The quantitative estimate of drug-likeness (QED) is 0.213. The van der Waals surface area contributed by atoms with Gasteiger partial charge in [0.1, 0.15) is 16.8 Å². The van der Waals surface area contributed by atoms with Crippen LogP contribution in [0.25, 0.3) is 22.2 Å². The first-order valence-electron chi connectivity index (χ1n) is 10.8. The van der Waals surface area contributed by atoms with E-state index in [0.717, 1.165) is 28.0 Å². The summed E-state index contributed by atoms with van der Waals surface area (Å²) in [6, 6.07) is 25.4. The maximum absolute atomic E-state index is 13.6. The van der Waals surface area contributed by atoms with E-state index in [-0.39, 0.29) is 5.56 Å². The molecule has 0 amide bonds. The largest absolute Gasteiger partial charge is 0.497 e. The van der Waals surface area contributed by atoms with Crippen molar-refractivity contribution in [1.29, 1.82) is 0 Å². The Balaban J connectivity index is 1.60. The Morgan fingerprint density at radius 3 is 2.47 bits per heavy atom. The minimum atomic E-state index is -0.107. The second-order valence-electron chi connectivity index (χ2n) is 7.81. The van der Waals surface area contributed by atoms with Crippen LogP contribution in [0.3, 0.4) is 0 Å². The van der Waals surface area contributed by atoms with Crippen molar-refractivity contribution in [2.45, 2.75) is 17.5 Å². The Kier molecular flexibility index (Phi) is 6.43. The number of fused-ring (bicyclic) bond motifs is 1. The van der Waals surface area contributed by atoms with Gasteiger partial charge in [-0.3, -0.25) is 9.36 Å². The van der Waals surface area contributed by atoms with Crippen LogP contribution in [0.4, 0.5) is 0 Å². The highest BCUT2D eigenvalue weighted by Gasteiger charge is 2.17. The van der Waals surface area contributed by atoms with Crippen LogP contribution in [0, 0.1) is 0 Å². The Morgan fingerprint density at radius 2 is 1.74 bits per heavy atom. The van der Waals surface area contributed by atoms with Gasteiger partial charge in [0.05, 0.1) is 13.7 Å².